The number of aromatic nitrogens is 4. The Morgan fingerprint density at radius 1 is 1.19 bits per heavy atom. The summed E-state index contributed by atoms with van der Waals surface area (Å²) in [6, 6.07) is 6.01. The van der Waals surface area contributed by atoms with Crippen LogP contribution in [0.15, 0.2) is 34.2 Å². The Morgan fingerprint density at radius 2 is 2.00 bits per heavy atom. The standard InChI is InChI=1S/C27H30F4N8O2S/c1-37-10-7-19(17(28)13-37)33-18-5-4-6-21-16(18)11-22(39(21)15-27(29,30)31)24-35-23(41-36-24)12-32-25(40)20-14-42-26(34-20)38-8-2-3-9-38/h4-6,11,14,17,19,33H,2-3,7-10,12-13,15H2,1H3,(H,32,40)/t17-,19+/m0/s1. The van der Waals surface area contributed by atoms with E-state index in [1.807, 2.05) is 11.9 Å². The summed E-state index contributed by atoms with van der Waals surface area (Å²) >= 11 is 1.40. The van der Waals surface area contributed by atoms with Gasteiger partial charge in [-0.1, -0.05) is 11.2 Å². The molecule has 2 N–H and O–H groups in total. The molecule has 0 aliphatic carbocycles. The lowest BCUT2D eigenvalue weighted by Crippen LogP contribution is -2.46. The largest absolute Gasteiger partial charge is 0.406 e. The summed E-state index contributed by atoms with van der Waals surface area (Å²) in [4.78, 5) is 25.4. The molecular weight excluding hydrogens is 576 g/mol. The molecule has 5 heterocycles. The first-order chi connectivity index (χ1) is 20.1. The monoisotopic (exact) mass is 606 g/mol. The zero-order valence-corrected chi connectivity index (χ0v) is 23.6. The van der Waals surface area contributed by atoms with Gasteiger partial charge in [0, 0.05) is 42.6 Å². The fourth-order valence-electron chi connectivity index (χ4n) is 5.46. The van der Waals surface area contributed by atoms with Gasteiger partial charge in [0.2, 0.25) is 11.7 Å². The Balaban J connectivity index is 1.22. The molecule has 0 saturated carbocycles. The topological polar surface area (TPSA) is 104 Å². The Labute approximate surface area is 242 Å². The number of piperidine rings is 1. The van der Waals surface area contributed by atoms with E-state index in [1.54, 1.807) is 29.6 Å². The van der Waals surface area contributed by atoms with Crippen LogP contribution in [0.25, 0.3) is 22.4 Å². The number of likely N-dealkylation sites (tertiary alicyclic amines) is 1. The number of hydrogen-bond acceptors (Lipinski definition) is 9. The van der Waals surface area contributed by atoms with Gasteiger partial charge in [0.15, 0.2) is 5.13 Å². The van der Waals surface area contributed by atoms with Gasteiger partial charge in [0.25, 0.3) is 5.91 Å². The van der Waals surface area contributed by atoms with E-state index in [9.17, 15) is 22.4 Å². The molecule has 1 aromatic carbocycles. The number of nitrogens with zero attached hydrogens (tertiary/aromatic N) is 6. The predicted molar refractivity (Wildman–Crippen MR) is 150 cm³/mol. The number of amides is 1. The number of thiazole rings is 1. The van der Waals surface area contributed by atoms with Crippen LogP contribution in [-0.2, 0) is 13.1 Å². The van der Waals surface area contributed by atoms with Crippen molar-refractivity contribution in [2.24, 2.45) is 0 Å². The molecule has 10 nitrogen and oxygen atoms in total. The highest BCUT2D eigenvalue weighted by molar-refractivity contribution is 7.13. The van der Waals surface area contributed by atoms with Crippen LogP contribution < -0.4 is 15.5 Å². The number of carbonyl (C=O) groups excluding carboxylic acids is 1. The summed E-state index contributed by atoms with van der Waals surface area (Å²) in [5.74, 6) is -0.446. The van der Waals surface area contributed by atoms with Crippen LogP contribution in [0.3, 0.4) is 0 Å². The number of carbonyl (C=O) groups is 1. The molecular formula is C27H30F4N8O2S. The minimum Gasteiger partial charge on any atom is -0.379 e. The molecule has 2 aliphatic heterocycles. The van der Waals surface area contributed by atoms with Crippen molar-refractivity contribution in [2.45, 2.75) is 50.7 Å². The maximum atomic E-state index is 14.7. The first-order valence-electron chi connectivity index (χ1n) is 13.7. The van der Waals surface area contributed by atoms with Gasteiger partial charge in [-0.05, 0) is 44.5 Å². The highest BCUT2D eigenvalue weighted by Gasteiger charge is 2.32. The summed E-state index contributed by atoms with van der Waals surface area (Å²) in [6.45, 7) is 1.41. The molecule has 6 rings (SSSR count). The Kier molecular flexibility index (Phi) is 7.79. The van der Waals surface area contributed by atoms with Crippen molar-refractivity contribution < 1.29 is 26.9 Å². The summed E-state index contributed by atoms with van der Waals surface area (Å²) in [7, 11) is 1.85. The molecule has 0 radical (unpaired) electrons. The highest BCUT2D eigenvalue weighted by Crippen LogP contribution is 2.35. The van der Waals surface area contributed by atoms with Gasteiger partial charge >= 0.3 is 6.18 Å². The van der Waals surface area contributed by atoms with Crippen LogP contribution in [0.1, 0.15) is 35.6 Å². The number of alkyl halides is 4. The third kappa shape index (κ3) is 6.07. The van der Waals surface area contributed by atoms with Crippen molar-refractivity contribution in [3.63, 3.8) is 0 Å². The normalized spacial score (nSPS) is 20.0. The van der Waals surface area contributed by atoms with Crippen LogP contribution in [0.5, 0.6) is 0 Å². The van der Waals surface area contributed by atoms with Crippen molar-refractivity contribution in [2.75, 3.05) is 43.4 Å². The van der Waals surface area contributed by atoms with E-state index in [1.165, 1.54) is 11.3 Å². The highest BCUT2D eigenvalue weighted by atomic mass is 32.1. The van der Waals surface area contributed by atoms with E-state index in [0.717, 1.165) is 35.6 Å². The first kappa shape index (κ1) is 28.4. The predicted octanol–water partition coefficient (Wildman–Crippen LogP) is 4.69. The fraction of sp³-hybridized carbons (Fsp3) is 0.481. The van der Waals surface area contributed by atoms with E-state index >= 15 is 0 Å². The van der Waals surface area contributed by atoms with Crippen molar-refractivity contribution in [3.05, 3.63) is 41.2 Å². The molecule has 1 amide bonds. The zero-order valence-electron chi connectivity index (χ0n) is 22.8. The smallest absolute Gasteiger partial charge is 0.379 e. The molecule has 4 aromatic rings. The van der Waals surface area contributed by atoms with Crippen molar-refractivity contribution in [3.8, 4) is 11.5 Å². The molecule has 0 bridgehead atoms. The summed E-state index contributed by atoms with van der Waals surface area (Å²) in [6.07, 6.45) is -2.90. The zero-order chi connectivity index (χ0) is 29.4. The van der Waals surface area contributed by atoms with Gasteiger partial charge in [-0.25, -0.2) is 9.37 Å². The number of anilines is 2. The van der Waals surface area contributed by atoms with Crippen molar-refractivity contribution >= 4 is 39.0 Å². The minimum atomic E-state index is -4.52. The lowest BCUT2D eigenvalue weighted by molar-refractivity contribution is -0.139. The lowest BCUT2D eigenvalue weighted by Gasteiger charge is -2.33. The Morgan fingerprint density at radius 3 is 2.76 bits per heavy atom. The van der Waals surface area contributed by atoms with E-state index in [-0.39, 0.29) is 36.2 Å². The third-order valence-corrected chi connectivity index (χ3v) is 8.47. The molecule has 2 atom stereocenters. The van der Waals surface area contributed by atoms with E-state index in [4.69, 9.17) is 4.52 Å². The van der Waals surface area contributed by atoms with Gasteiger partial charge in [0.1, 0.15) is 18.4 Å². The van der Waals surface area contributed by atoms with E-state index < -0.39 is 30.8 Å². The summed E-state index contributed by atoms with van der Waals surface area (Å²) in [5, 5.41) is 12.8. The van der Waals surface area contributed by atoms with E-state index in [2.05, 4.69) is 30.7 Å². The summed E-state index contributed by atoms with van der Waals surface area (Å²) in [5.41, 5.74) is 1.19. The molecule has 2 aliphatic rings. The maximum absolute atomic E-state index is 14.7. The third-order valence-electron chi connectivity index (χ3n) is 7.57. The Hall–Kier alpha value is -3.72. The molecule has 0 spiro atoms. The maximum Gasteiger partial charge on any atom is 0.406 e. The van der Waals surface area contributed by atoms with Crippen LogP contribution in [0.2, 0.25) is 0 Å². The molecule has 224 valence electrons. The quantitative estimate of drug-likeness (QED) is 0.279. The number of benzene rings is 1. The molecule has 42 heavy (non-hydrogen) atoms. The van der Waals surface area contributed by atoms with Crippen molar-refractivity contribution in [1.82, 2.24) is 29.9 Å². The molecule has 2 fully saturated rings. The SMILES string of the molecule is CN1CC[C@@H](Nc2cccc3c2cc(-c2noc(CNC(=O)c4csc(N5CCCC5)n4)n2)n3CC(F)(F)F)[C@@H](F)C1. The average molecular weight is 607 g/mol. The van der Waals surface area contributed by atoms with Crippen LogP contribution in [0.4, 0.5) is 28.4 Å². The molecule has 0 unspecified atom stereocenters. The second-order valence-corrected chi connectivity index (χ2v) is 11.5. The van der Waals surface area contributed by atoms with Gasteiger partial charge in [-0.15, -0.1) is 11.3 Å². The fourth-order valence-corrected chi connectivity index (χ4v) is 6.32. The number of rotatable bonds is 8. The molecule has 15 heteroatoms. The molecule has 3 aromatic heterocycles. The number of halogens is 4. The van der Waals surface area contributed by atoms with Gasteiger partial charge in [-0.2, -0.15) is 18.2 Å². The average Bonchev–Trinajstić information content (AvgIpc) is 3.75. The Bertz CT molecular complexity index is 1560. The van der Waals surface area contributed by atoms with Crippen LogP contribution >= 0.6 is 11.3 Å². The lowest BCUT2D eigenvalue weighted by atomic mass is 10.0. The second kappa shape index (κ2) is 11.5. The van der Waals surface area contributed by atoms with Crippen molar-refractivity contribution in [1.29, 1.82) is 0 Å². The second-order valence-electron chi connectivity index (χ2n) is 10.7. The van der Waals surface area contributed by atoms with Crippen LogP contribution in [-0.4, -0.2) is 82.1 Å². The minimum absolute atomic E-state index is 0.0297. The van der Waals surface area contributed by atoms with Crippen LogP contribution in [0, 0.1) is 0 Å². The molecule has 2 saturated heterocycles. The summed E-state index contributed by atoms with van der Waals surface area (Å²) < 4.78 is 62.1. The number of hydrogen-bond donors (Lipinski definition) is 2. The van der Waals surface area contributed by atoms with Gasteiger partial charge in [-0.3, -0.25) is 4.79 Å². The van der Waals surface area contributed by atoms with Gasteiger partial charge in [0.05, 0.1) is 23.8 Å². The first-order valence-corrected chi connectivity index (χ1v) is 14.6. The van der Waals surface area contributed by atoms with E-state index in [0.29, 0.717) is 29.6 Å². The van der Waals surface area contributed by atoms with Gasteiger partial charge < -0.3 is 29.5 Å². The number of fused-ring (bicyclic) bond motifs is 1. The number of nitrogens with one attached hydrogen (secondary N) is 2.